The van der Waals surface area contributed by atoms with Gasteiger partial charge < -0.3 is 20.4 Å². The number of aliphatic hydroxyl groups excluding tert-OH is 2. The molecule has 0 saturated heterocycles. The molecule has 160 valence electrons. The summed E-state index contributed by atoms with van der Waals surface area (Å²) in [6.45, 7) is 1.45. The van der Waals surface area contributed by atoms with E-state index in [0.29, 0.717) is 17.0 Å². The van der Waals surface area contributed by atoms with Crippen LogP contribution in [-0.2, 0) is 4.79 Å². The third-order valence-electron chi connectivity index (χ3n) is 3.70. The second kappa shape index (κ2) is 10.3. The van der Waals surface area contributed by atoms with Crippen LogP contribution in [0.1, 0.15) is 6.92 Å². The summed E-state index contributed by atoms with van der Waals surface area (Å²) in [5.74, 6) is -0.405. The van der Waals surface area contributed by atoms with Crippen molar-refractivity contribution in [2.75, 3.05) is 36.5 Å². The Balaban J connectivity index is 2.44. The average molecular weight is 438 g/mol. The maximum atomic E-state index is 11.6. The first-order valence-electron chi connectivity index (χ1n) is 8.49. The van der Waals surface area contributed by atoms with Crippen molar-refractivity contribution in [3.8, 4) is 0 Å². The fourth-order valence-electron chi connectivity index (χ4n) is 2.46. The number of thiophene rings is 1. The molecule has 1 aromatic carbocycles. The Kier molecular flexibility index (Phi) is 7.85. The first-order valence-corrected chi connectivity index (χ1v) is 9.31. The molecular weight excluding hydrogens is 420 g/mol. The zero-order valence-electron chi connectivity index (χ0n) is 15.7. The van der Waals surface area contributed by atoms with Gasteiger partial charge in [0.05, 0.1) is 28.7 Å². The van der Waals surface area contributed by atoms with E-state index in [1.807, 2.05) is 0 Å². The molecule has 0 aliphatic rings. The topological polar surface area (TPSA) is 184 Å². The number of hydrogen-bond acceptors (Lipinski definition) is 11. The highest BCUT2D eigenvalue weighted by atomic mass is 32.1. The van der Waals surface area contributed by atoms with E-state index in [1.54, 1.807) is 17.0 Å². The normalized spacial score (nSPS) is 10.9. The van der Waals surface area contributed by atoms with E-state index in [1.165, 1.54) is 13.0 Å². The number of nitrogens with one attached hydrogen (secondary N) is 1. The van der Waals surface area contributed by atoms with Crippen LogP contribution in [0.3, 0.4) is 0 Å². The molecule has 2 aromatic rings. The third-order valence-corrected chi connectivity index (χ3v) is 4.66. The van der Waals surface area contributed by atoms with Crippen molar-refractivity contribution in [3.63, 3.8) is 0 Å². The van der Waals surface area contributed by atoms with Crippen molar-refractivity contribution >= 4 is 50.0 Å². The van der Waals surface area contributed by atoms with Gasteiger partial charge in [0.15, 0.2) is 0 Å². The van der Waals surface area contributed by atoms with Crippen LogP contribution in [0.2, 0.25) is 0 Å². The second-order valence-corrected chi connectivity index (χ2v) is 6.82. The lowest BCUT2D eigenvalue weighted by atomic mass is 10.2. The molecule has 1 heterocycles. The monoisotopic (exact) mass is 438 g/mol. The van der Waals surface area contributed by atoms with Crippen LogP contribution in [0, 0.1) is 20.2 Å². The minimum Gasteiger partial charge on any atom is -0.395 e. The summed E-state index contributed by atoms with van der Waals surface area (Å²) in [6.07, 6.45) is 0. The molecule has 0 radical (unpaired) electrons. The second-order valence-electron chi connectivity index (χ2n) is 5.81. The summed E-state index contributed by atoms with van der Waals surface area (Å²) < 4.78 is 0. The number of aliphatic hydroxyl groups is 2. The van der Waals surface area contributed by atoms with Gasteiger partial charge in [0.2, 0.25) is 10.9 Å². The maximum absolute atomic E-state index is 11.6. The van der Waals surface area contributed by atoms with E-state index < -0.39 is 26.4 Å². The number of benzene rings is 1. The van der Waals surface area contributed by atoms with E-state index in [0.717, 1.165) is 6.07 Å². The number of azo groups is 1. The molecule has 0 aliphatic carbocycles. The van der Waals surface area contributed by atoms with Crippen LogP contribution >= 0.6 is 11.3 Å². The molecule has 3 N–H and O–H groups in total. The Morgan fingerprint density at radius 3 is 2.33 bits per heavy atom. The van der Waals surface area contributed by atoms with Crippen LogP contribution in [0.4, 0.5) is 32.8 Å². The summed E-state index contributed by atoms with van der Waals surface area (Å²) in [6, 6.07) is 5.45. The Labute approximate surface area is 173 Å². The minimum absolute atomic E-state index is 0.155. The molecule has 0 fully saturated rings. The molecule has 0 unspecified atom stereocenters. The molecule has 1 aromatic heterocycles. The van der Waals surface area contributed by atoms with Crippen LogP contribution in [0.25, 0.3) is 0 Å². The first kappa shape index (κ1) is 22.8. The SMILES string of the molecule is CC(=O)Nc1cc(N(CCO)CCO)ccc1N=Nc1sc([N+](=O)[O-])cc1[N+](=O)[O-]. The quantitative estimate of drug-likeness (QED) is 0.287. The number of carbonyl (C=O) groups is 1. The average Bonchev–Trinajstić information content (AvgIpc) is 3.11. The Morgan fingerprint density at radius 1 is 1.13 bits per heavy atom. The van der Waals surface area contributed by atoms with Gasteiger partial charge >= 0.3 is 10.7 Å². The van der Waals surface area contributed by atoms with Gasteiger partial charge in [-0.25, -0.2) is 0 Å². The van der Waals surface area contributed by atoms with Crippen molar-refractivity contribution in [3.05, 3.63) is 44.5 Å². The van der Waals surface area contributed by atoms with Crippen molar-refractivity contribution in [1.82, 2.24) is 0 Å². The van der Waals surface area contributed by atoms with Crippen LogP contribution in [-0.4, -0.2) is 52.3 Å². The number of amides is 1. The first-order chi connectivity index (χ1) is 14.3. The van der Waals surface area contributed by atoms with E-state index in [9.17, 15) is 35.2 Å². The van der Waals surface area contributed by atoms with E-state index in [-0.39, 0.29) is 42.7 Å². The lowest BCUT2D eigenvalue weighted by molar-refractivity contribution is -0.389. The number of rotatable bonds is 10. The molecule has 0 atom stereocenters. The highest BCUT2D eigenvalue weighted by Gasteiger charge is 2.25. The Morgan fingerprint density at radius 2 is 1.80 bits per heavy atom. The van der Waals surface area contributed by atoms with Crippen molar-refractivity contribution in [1.29, 1.82) is 0 Å². The number of anilines is 2. The summed E-state index contributed by atoms with van der Waals surface area (Å²) in [4.78, 5) is 33.7. The smallest absolute Gasteiger partial charge is 0.333 e. The maximum Gasteiger partial charge on any atom is 0.333 e. The largest absolute Gasteiger partial charge is 0.395 e. The molecule has 2 rings (SSSR count). The van der Waals surface area contributed by atoms with Gasteiger partial charge in [-0.1, -0.05) is 0 Å². The van der Waals surface area contributed by atoms with Gasteiger partial charge in [-0.15, -0.1) is 10.2 Å². The standard InChI is InChI=1S/C16H18N6O7S/c1-10(25)17-13-8-11(20(4-6-23)5-7-24)2-3-12(13)18-19-16-14(21(26)27)9-15(30-16)22(28)29/h2-3,8-9,23-24H,4-7H2,1H3,(H,17,25). The molecule has 0 aliphatic heterocycles. The van der Waals surface area contributed by atoms with Gasteiger partial charge in [-0.3, -0.25) is 25.0 Å². The van der Waals surface area contributed by atoms with E-state index in [4.69, 9.17) is 0 Å². The molecule has 0 bridgehead atoms. The van der Waals surface area contributed by atoms with Crippen molar-refractivity contribution in [2.45, 2.75) is 6.92 Å². The molecule has 0 saturated carbocycles. The molecule has 13 nitrogen and oxygen atoms in total. The summed E-state index contributed by atoms with van der Waals surface area (Å²) in [7, 11) is 0. The lowest BCUT2D eigenvalue weighted by Crippen LogP contribution is -2.29. The van der Waals surface area contributed by atoms with Crippen LogP contribution in [0.5, 0.6) is 0 Å². The fraction of sp³-hybridized carbons (Fsp3) is 0.312. The molecule has 0 spiro atoms. The van der Waals surface area contributed by atoms with E-state index >= 15 is 0 Å². The summed E-state index contributed by atoms with van der Waals surface area (Å²) >= 11 is 0.504. The highest BCUT2D eigenvalue weighted by molar-refractivity contribution is 7.19. The molecule has 30 heavy (non-hydrogen) atoms. The molecule has 1 amide bonds. The number of hydrogen-bond donors (Lipinski definition) is 3. The highest BCUT2D eigenvalue weighted by Crippen LogP contribution is 2.42. The van der Waals surface area contributed by atoms with Gasteiger partial charge in [0.25, 0.3) is 0 Å². The molecular formula is C16H18N6O7S. The van der Waals surface area contributed by atoms with Gasteiger partial charge in [0, 0.05) is 25.7 Å². The summed E-state index contributed by atoms with van der Waals surface area (Å²) in [5, 5.41) is 49.9. The van der Waals surface area contributed by atoms with Gasteiger partial charge in [-0.2, -0.15) is 0 Å². The van der Waals surface area contributed by atoms with Gasteiger partial charge in [-0.05, 0) is 29.5 Å². The third kappa shape index (κ3) is 5.76. The van der Waals surface area contributed by atoms with Crippen LogP contribution in [0.15, 0.2) is 34.5 Å². The van der Waals surface area contributed by atoms with E-state index in [2.05, 4.69) is 15.5 Å². The number of carbonyl (C=O) groups excluding carboxylic acids is 1. The Hall–Kier alpha value is -3.49. The fourth-order valence-corrected chi connectivity index (χ4v) is 3.22. The number of nitrogens with zero attached hydrogens (tertiary/aromatic N) is 5. The van der Waals surface area contributed by atoms with Crippen LogP contribution < -0.4 is 10.2 Å². The zero-order chi connectivity index (χ0) is 22.3. The van der Waals surface area contributed by atoms with Crippen molar-refractivity contribution < 1.29 is 24.9 Å². The Bertz CT molecular complexity index is 971. The minimum atomic E-state index is -0.794. The molecule has 14 heteroatoms. The predicted molar refractivity (Wildman–Crippen MR) is 109 cm³/mol. The zero-order valence-corrected chi connectivity index (χ0v) is 16.5. The lowest BCUT2D eigenvalue weighted by Gasteiger charge is -2.23. The predicted octanol–water partition coefficient (Wildman–Crippen LogP) is 2.73. The summed E-state index contributed by atoms with van der Waals surface area (Å²) in [5.41, 5.74) is 0.425. The van der Waals surface area contributed by atoms with Gasteiger partial charge in [0.1, 0.15) is 11.8 Å². The number of nitro groups is 2. The van der Waals surface area contributed by atoms with Crippen molar-refractivity contribution in [2.24, 2.45) is 10.2 Å².